The Kier molecular flexibility index (Phi) is 4.36. The van der Waals surface area contributed by atoms with Crippen LogP contribution in [0.2, 0.25) is 0 Å². The van der Waals surface area contributed by atoms with E-state index in [-0.39, 0.29) is 0 Å². The van der Waals surface area contributed by atoms with E-state index in [0.29, 0.717) is 5.92 Å². The van der Waals surface area contributed by atoms with E-state index in [9.17, 15) is 0 Å². The largest absolute Gasteiger partial charge is 0.328 e. The first-order valence-corrected chi connectivity index (χ1v) is 9.17. The summed E-state index contributed by atoms with van der Waals surface area (Å²) < 4.78 is 4.33. The fourth-order valence-corrected chi connectivity index (χ4v) is 3.87. The molecule has 3 aromatic heterocycles. The van der Waals surface area contributed by atoms with Crippen LogP contribution >= 0.6 is 0 Å². The molecule has 0 aromatic carbocycles. The molecule has 0 bridgehead atoms. The lowest BCUT2D eigenvalue weighted by Crippen LogP contribution is -2.47. The Hall–Kier alpha value is -2.47. The minimum atomic E-state index is 0.667. The Bertz CT molecular complexity index is 902. The molecule has 0 N–H and O–H groups in total. The maximum Gasteiger partial charge on any atom is 0.140 e. The molecule has 0 unspecified atom stereocenters. The fraction of sp³-hybridized carbons (Fsp3) is 0.450. The molecule has 1 saturated heterocycles. The standard InChI is InChI=1S/C20H26N6/c1-14-9-22-20(18-5-7-21-8-6-18)26(14)12-17-10-25(11-17)13-19-15(2)23-24(4)16(19)3/h5-9,17H,10-13H2,1-4H3. The number of hydrogen-bond donors (Lipinski definition) is 0. The normalized spacial score (nSPS) is 15.4. The monoisotopic (exact) mass is 350 g/mol. The third-order valence-corrected chi connectivity index (χ3v) is 5.51. The predicted molar refractivity (Wildman–Crippen MR) is 102 cm³/mol. The molecule has 26 heavy (non-hydrogen) atoms. The van der Waals surface area contributed by atoms with E-state index in [2.05, 4.69) is 45.3 Å². The van der Waals surface area contributed by atoms with Crippen molar-refractivity contribution in [3.63, 3.8) is 0 Å². The summed E-state index contributed by atoms with van der Waals surface area (Å²) in [6.07, 6.45) is 5.62. The number of imidazole rings is 1. The average molecular weight is 350 g/mol. The van der Waals surface area contributed by atoms with Gasteiger partial charge >= 0.3 is 0 Å². The molecule has 3 aromatic rings. The van der Waals surface area contributed by atoms with Crippen molar-refractivity contribution in [3.8, 4) is 11.4 Å². The van der Waals surface area contributed by atoms with Crippen molar-refractivity contribution in [1.29, 1.82) is 0 Å². The zero-order valence-electron chi connectivity index (χ0n) is 16.0. The van der Waals surface area contributed by atoms with Crippen molar-refractivity contribution in [2.45, 2.75) is 33.9 Å². The summed E-state index contributed by atoms with van der Waals surface area (Å²) in [5.41, 5.74) is 6.15. The van der Waals surface area contributed by atoms with E-state index in [4.69, 9.17) is 0 Å². The molecule has 6 nitrogen and oxygen atoms in total. The van der Waals surface area contributed by atoms with E-state index < -0.39 is 0 Å². The van der Waals surface area contributed by atoms with Gasteiger partial charge in [0.1, 0.15) is 5.82 Å². The maximum absolute atomic E-state index is 4.62. The van der Waals surface area contributed by atoms with Gasteiger partial charge in [0.2, 0.25) is 0 Å². The van der Waals surface area contributed by atoms with E-state index in [0.717, 1.165) is 43.3 Å². The Morgan fingerprint density at radius 2 is 1.85 bits per heavy atom. The first-order chi connectivity index (χ1) is 12.5. The SMILES string of the molecule is Cc1nn(C)c(C)c1CN1CC(Cn2c(C)cnc2-c2ccncc2)C1. The van der Waals surface area contributed by atoms with Gasteiger partial charge in [-0.05, 0) is 32.9 Å². The minimum absolute atomic E-state index is 0.667. The lowest BCUT2D eigenvalue weighted by atomic mass is 9.98. The topological polar surface area (TPSA) is 51.8 Å². The predicted octanol–water partition coefficient (Wildman–Crippen LogP) is 2.74. The number of nitrogens with zero attached hydrogens (tertiary/aromatic N) is 6. The molecular weight excluding hydrogens is 324 g/mol. The van der Waals surface area contributed by atoms with Gasteiger partial charge in [-0.15, -0.1) is 0 Å². The molecular formula is C20H26N6. The van der Waals surface area contributed by atoms with Gasteiger partial charge in [0.25, 0.3) is 0 Å². The molecule has 0 aliphatic carbocycles. The zero-order chi connectivity index (χ0) is 18.3. The van der Waals surface area contributed by atoms with E-state index >= 15 is 0 Å². The maximum atomic E-state index is 4.62. The lowest BCUT2D eigenvalue weighted by Gasteiger charge is -2.40. The molecule has 0 atom stereocenters. The van der Waals surface area contributed by atoms with Gasteiger partial charge in [-0.25, -0.2) is 4.98 Å². The first-order valence-electron chi connectivity index (χ1n) is 9.17. The highest BCUT2D eigenvalue weighted by atomic mass is 15.3. The van der Waals surface area contributed by atoms with Crippen LogP contribution in [-0.2, 0) is 20.1 Å². The Morgan fingerprint density at radius 3 is 2.50 bits per heavy atom. The van der Waals surface area contributed by atoms with Crippen LogP contribution in [0.5, 0.6) is 0 Å². The van der Waals surface area contributed by atoms with Gasteiger partial charge < -0.3 is 4.57 Å². The van der Waals surface area contributed by atoms with Crippen LogP contribution in [0.4, 0.5) is 0 Å². The summed E-state index contributed by atoms with van der Waals surface area (Å²) in [6, 6.07) is 4.05. The Morgan fingerprint density at radius 1 is 1.12 bits per heavy atom. The summed E-state index contributed by atoms with van der Waals surface area (Å²) in [6.45, 7) is 10.7. The first kappa shape index (κ1) is 17.0. The summed E-state index contributed by atoms with van der Waals surface area (Å²) >= 11 is 0. The third kappa shape index (κ3) is 3.05. The van der Waals surface area contributed by atoms with Crippen LogP contribution in [0.25, 0.3) is 11.4 Å². The highest BCUT2D eigenvalue weighted by Gasteiger charge is 2.29. The second-order valence-electron chi connectivity index (χ2n) is 7.40. The molecule has 1 aliphatic heterocycles. The van der Waals surface area contributed by atoms with Crippen LogP contribution in [0.15, 0.2) is 30.7 Å². The highest BCUT2D eigenvalue weighted by molar-refractivity contribution is 5.55. The van der Waals surface area contributed by atoms with Gasteiger partial charge in [0, 0.05) is 80.2 Å². The number of rotatable bonds is 5. The number of hydrogen-bond acceptors (Lipinski definition) is 4. The Balaban J connectivity index is 1.41. The van der Waals surface area contributed by atoms with Crippen LogP contribution in [-0.4, -0.2) is 42.3 Å². The van der Waals surface area contributed by atoms with Crippen molar-refractivity contribution < 1.29 is 0 Å². The third-order valence-electron chi connectivity index (χ3n) is 5.51. The van der Waals surface area contributed by atoms with E-state index in [1.165, 1.54) is 17.0 Å². The van der Waals surface area contributed by atoms with Gasteiger partial charge in [-0.1, -0.05) is 0 Å². The molecule has 0 saturated carbocycles. The zero-order valence-corrected chi connectivity index (χ0v) is 16.0. The quantitative estimate of drug-likeness (QED) is 0.710. The average Bonchev–Trinajstić information content (AvgIpc) is 3.08. The summed E-state index contributed by atoms with van der Waals surface area (Å²) in [5.74, 6) is 1.71. The van der Waals surface area contributed by atoms with Crippen LogP contribution < -0.4 is 0 Å². The summed E-state index contributed by atoms with van der Waals surface area (Å²) in [4.78, 5) is 11.2. The van der Waals surface area contributed by atoms with Gasteiger partial charge in [0.15, 0.2) is 0 Å². The van der Waals surface area contributed by atoms with Crippen molar-refractivity contribution in [3.05, 3.63) is 53.4 Å². The number of likely N-dealkylation sites (tertiary alicyclic amines) is 1. The van der Waals surface area contributed by atoms with Crippen molar-refractivity contribution >= 4 is 0 Å². The van der Waals surface area contributed by atoms with Gasteiger partial charge in [-0.2, -0.15) is 5.10 Å². The second-order valence-corrected chi connectivity index (χ2v) is 7.40. The molecule has 4 heterocycles. The van der Waals surface area contributed by atoms with Gasteiger partial charge in [-0.3, -0.25) is 14.6 Å². The smallest absolute Gasteiger partial charge is 0.140 e. The molecule has 0 radical (unpaired) electrons. The van der Waals surface area contributed by atoms with Gasteiger partial charge in [0.05, 0.1) is 5.69 Å². The molecule has 136 valence electrons. The van der Waals surface area contributed by atoms with E-state index in [1.807, 2.05) is 42.5 Å². The van der Waals surface area contributed by atoms with Crippen molar-refractivity contribution in [1.82, 2.24) is 29.2 Å². The van der Waals surface area contributed by atoms with Crippen LogP contribution in [0.1, 0.15) is 22.6 Å². The number of pyridine rings is 1. The molecule has 6 heteroatoms. The second kappa shape index (κ2) is 6.68. The van der Waals surface area contributed by atoms with E-state index in [1.54, 1.807) is 0 Å². The molecule has 0 amide bonds. The minimum Gasteiger partial charge on any atom is -0.328 e. The number of aromatic nitrogens is 5. The molecule has 1 aliphatic rings. The van der Waals surface area contributed by atoms with Crippen molar-refractivity contribution in [2.24, 2.45) is 13.0 Å². The molecule has 0 spiro atoms. The Labute approximate surface area is 154 Å². The van der Waals surface area contributed by atoms with Crippen LogP contribution in [0.3, 0.4) is 0 Å². The summed E-state index contributed by atoms with van der Waals surface area (Å²) in [7, 11) is 2.02. The highest BCUT2D eigenvalue weighted by Crippen LogP contribution is 2.26. The molecule has 1 fully saturated rings. The van der Waals surface area contributed by atoms with Crippen molar-refractivity contribution in [2.75, 3.05) is 13.1 Å². The number of aryl methyl sites for hydroxylation is 3. The fourth-order valence-electron chi connectivity index (χ4n) is 3.87. The lowest BCUT2D eigenvalue weighted by molar-refractivity contribution is 0.0799. The molecule has 4 rings (SSSR count). The summed E-state index contributed by atoms with van der Waals surface area (Å²) in [5, 5.41) is 4.53. The van der Waals surface area contributed by atoms with Crippen LogP contribution in [0, 0.1) is 26.7 Å².